The fourth-order valence-electron chi connectivity index (χ4n) is 7.60. The van der Waals surface area contributed by atoms with E-state index in [2.05, 4.69) is 58.5 Å². The maximum absolute atomic E-state index is 14.2. The van der Waals surface area contributed by atoms with Crippen LogP contribution >= 0.6 is 0 Å². The Morgan fingerprint density at radius 3 is 1.33 bits per heavy atom. The number of nitrogens with two attached hydrogens (primary N) is 2. The number of carbonyl (C=O) groups excluding carboxylic acids is 12. The molecule has 12 amide bonds. The van der Waals surface area contributed by atoms with Crippen molar-refractivity contribution in [2.24, 2.45) is 23.3 Å². The van der Waals surface area contributed by atoms with Crippen LogP contribution in [-0.4, -0.2) is 184 Å². The average molecular weight is 1160 g/mol. The third kappa shape index (κ3) is 25.0. The topological polar surface area (TPSA) is 470 Å². The quantitative estimate of drug-likeness (QED) is 0.0310. The molecule has 2 aromatic rings. The summed E-state index contributed by atoms with van der Waals surface area (Å²) in [5.74, 6) is -11.3. The number of aliphatic hydroxyl groups is 3. The largest absolute Gasteiger partial charge is 0.508 e. The van der Waals surface area contributed by atoms with E-state index in [0.29, 0.717) is 11.1 Å². The van der Waals surface area contributed by atoms with Crippen molar-refractivity contribution in [3.63, 3.8) is 0 Å². The van der Waals surface area contributed by atoms with E-state index in [9.17, 15) is 78.0 Å². The van der Waals surface area contributed by atoms with E-state index in [1.165, 1.54) is 52.0 Å². The minimum absolute atomic E-state index is 0.00670. The summed E-state index contributed by atoms with van der Waals surface area (Å²) in [7, 11) is 0. The van der Waals surface area contributed by atoms with E-state index in [-0.39, 0.29) is 43.3 Å². The molecule has 19 N–H and O–H groups in total. The van der Waals surface area contributed by atoms with Gasteiger partial charge in [-0.05, 0) is 75.6 Å². The van der Waals surface area contributed by atoms with Crippen molar-refractivity contribution in [3.8, 4) is 5.75 Å². The normalized spacial score (nSPS) is 15.1. The Morgan fingerprint density at radius 1 is 0.439 bits per heavy atom. The van der Waals surface area contributed by atoms with Crippen molar-refractivity contribution in [1.82, 2.24) is 58.5 Å². The standard InChI is InChI=1S/C53H81N13O16/c1-26(2)18-35(44(55)73)60-42(72)23-56-48(77)37(20-32-12-10-9-11-13-32)62-52(81)40(25-68)65-50(79)38(21-33-14-16-34(70)17-15-33)63-49(78)36(19-27(3)4)61-51(80)39(24-67)64-47(76)30(7)59-46(75)29(6)58-41(71)22-57-53(82)43(31(8)69)66-45(74)28(5)54/h9-17,26-31,35-40,43,67-70H,18-25,54H2,1-8H3,(H2,55,73)(H,56,77)(H,57,82)(H,58,71)(H,59,75)(H,60,72)(H,61,80)(H,62,81)(H,63,78)(H,64,76)(H,65,79)(H,66,74)/t28-,29-,30-,31+,35-,36-,37-,38-,39-,40-,43-/m0/s1. The van der Waals surface area contributed by atoms with E-state index >= 15 is 0 Å². The predicted molar refractivity (Wildman–Crippen MR) is 294 cm³/mol. The number of hydrogen-bond donors (Lipinski definition) is 17. The Balaban J connectivity index is 2.23. The van der Waals surface area contributed by atoms with Crippen LogP contribution in [0, 0.1) is 11.8 Å². The summed E-state index contributed by atoms with van der Waals surface area (Å²) in [5.41, 5.74) is 11.9. The van der Waals surface area contributed by atoms with Gasteiger partial charge in [0.1, 0.15) is 60.1 Å². The lowest BCUT2D eigenvalue weighted by atomic mass is 10.0. The van der Waals surface area contributed by atoms with Crippen LogP contribution in [0.2, 0.25) is 0 Å². The van der Waals surface area contributed by atoms with Gasteiger partial charge >= 0.3 is 0 Å². The summed E-state index contributed by atoms with van der Waals surface area (Å²) in [6.45, 7) is 8.79. The van der Waals surface area contributed by atoms with Gasteiger partial charge in [0.25, 0.3) is 0 Å². The summed E-state index contributed by atoms with van der Waals surface area (Å²) in [4.78, 5) is 157. The molecule has 0 radical (unpaired) electrons. The van der Waals surface area contributed by atoms with E-state index in [1.807, 2.05) is 13.8 Å². The second-order valence-electron chi connectivity index (χ2n) is 20.5. The molecule has 11 atom stereocenters. The summed E-state index contributed by atoms with van der Waals surface area (Å²) in [6, 6.07) is -0.0886. The highest BCUT2D eigenvalue weighted by Gasteiger charge is 2.35. The van der Waals surface area contributed by atoms with Crippen LogP contribution in [0.15, 0.2) is 54.6 Å². The fraction of sp³-hybridized carbons (Fsp3) is 0.547. The number of aromatic hydroxyl groups is 1. The monoisotopic (exact) mass is 1160 g/mol. The van der Waals surface area contributed by atoms with Crippen molar-refractivity contribution in [3.05, 3.63) is 65.7 Å². The molecule has 0 fully saturated rings. The van der Waals surface area contributed by atoms with Gasteiger partial charge in [0, 0.05) is 12.8 Å². The van der Waals surface area contributed by atoms with Gasteiger partial charge in [0.05, 0.1) is 38.4 Å². The van der Waals surface area contributed by atoms with Crippen molar-refractivity contribution in [2.75, 3.05) is 26.3 Å². The Labute approximate surface area is 474 Å². The molecule has 0 bridgehead atoms. The van der Waals surface area contributed by atoms with Crippen molar-refractivity contribution in [2.45, 2.75) is 148 Å². The first-order chi connectivity index (χ1) is 38.5. The smallest absolute Gasteiger partial charge is 0.245 e. The fourth-order valence-corrected chi connectivity index (χ4v) is 7.60. The molecule has 0 saturated heterocycles. The van der Waals surface area contributed by atoms with E-state index in [0.717, 1.165) is 0 Å². The van der Waals surface area contributed by atoms with Crippen LogP contribution in [0.25, 0.3) is 0 Å². The van der Waals surface area contributed by atoms with E-state index < -0.39 is 164 Å². The van der Waals surface area contributed by atoms with Gasteiger partial charge in [0.2, 0.25) is 70.9 Å². The van der Waals surface area contributed by atoms with Gasteiger partial charge in [0.15, 0.2) is 0 Å². The molecule has 0 saturated carbocycles. The van der Waals surface area contributed by atoms with Crippen molar-refractivity contribution >= 4 is 70.9 Å². The summed E-state index contributed by atoms with van der Waals surface area (Å²) >= 11 is 0. The van der Waals surface area contributed by atoms with Crippen molar-refractivity contribution < 1.29 is 78.0 Å². The number of phenolic OH excluding ortho intramolecular Hbond substituents is 1. The molecule has 82 heavy (non-hydrogen) atoms. The first kappa shape index (κ1) is 69.8. The SMILES string of the molecule is CC(C)C[C@H](NC(=O)CNC(=O)[C@H](Cc1ccccc1)NC(=O)[C@H](CO)NC(=O)[C@H](Cc1ccc(O)cc1)NC(=O)[C@H](CC(C)C)NC(=O)[C@H](CO)NC(=O)[C@H](C)NC(=O)[C@H](C)NC(=O)CNC(=O)[C@@H](NC(=O)[C@H](C)N)[C@@H](C)O)C(N)=O. The van der Waals surface area contributed by atoms with Gasteiger partial charge < -0.3 is 90.4 Å². The Kier molecular flexibility index (Phi) is 29.6. The lowest BCUT2D eigenvalue weighted by molar-refractivity contribution is -0.136. The Hall–Kier alpha value is -8.28. The molecule has 0 unspecified atom stereocenters. The Bertz CT molecular complexity index is 2520. The summed E-state index contributed by atoms with van der Waals surface area (Å²) < 4.78 is 0. The van der Waals surface area contributed by atoms with Crippen LogP contribution < -0.4 is 70.0 Å². The Morgan fingerprint density at radius 2 is 0.841 bits per heavy atom. The average Bonchev–Trinajstić information content (AvgIpc) is 3.44. The highest BCUT2D eigenvalue weighted by atomic mass is 16.3. The third-order valence-corrected chi connectivity index (χ3v) is 12.1. The van der Waals surface area contributed by atoms with Crippen LogP contribution in [-0.2, 0) is 70.4 Å². The van der Waals surface area contributed by atoms with Gasteiger partial charge in [-0.15, -0.1) is 0 Å². The molecule has 2 aromatic carbocycles. The van der Waals surface area contributed by atoms with E-state index in [4.69, 9.17) is 11.5 Å². The number of benzene rings is 2. The summed E-state index contributed by atoms with van der Waals surface area (Å²) in [5, 5.41) is 66.7. The van der Waals surface area contributed by atoms with Crippen LogP contribution in [0.4, 0.5) is 0 Å². The molecule has 0 spiro atoms. The first-order valence-corrected chi connectivity index (χ1v) is 26.5. The number of carbonyl (C=O) groups is 12. The molecule has 0 aromatic heterocycles. The highest BCUT2D eigenvalue weighted by Crippen LogP contribution is 2.14. The zero-order valence-electron chi connectivity index (χ0n) is 47.2. The van der Waals surface area contributed by atoms with Gasteiger partial charge in [-0.2, -0.15) is 0 Å². The molecule has 29 nitrogen and oxygen atoms in total. The molecular weight excluding hydrogens is 1070 g/mol. The molecular formula is C53H81N13O16. The van der Waals surface area contributed by atoms with Crippen LogP contribution in [0.3, 0.4) is 0 Å². The second-order valence-corrected chi connectivity index (χ2v) is 20.5. The highest BCUT2D eigenvalue weighted by molar-refractivity contribution is 5.99. The molecule has 0 aliphatic carbocycles. The van der Waals surface area contributed by atoms with Gasteiger partial charge in [-0.25, -0.2) is 0 Å². The number of phenols is 1. The minimum atomic E-state index is -1.75. The number of hydrogen-bond acceptors (Lipinski definition) is 17. The zero-order valence-corrected chi connectivity index (χ0v) is 47.2. The van der Waals surface area contributed by atoms with Gasteiger partial charge in [-0.3, -0.25) is 57.5 Å². The second kappa shape index (κ2) is 34.8. The number of aliphatic hydroxyl groups excluding tert-OH is 3. The molecule has 454 valence electrons. The molecule has 2 rings (SSSR count). The molecule has 29 heteroatoms. The van der Waals surface area contributed by atoms with Crippen LogP contribution in [0.1, 0.15) is 79.4 Å². The number of amides is 12. The molecule has 0 aliphatic rings. The van der Waals surface area contributed by atoms with E-state index in [1.54, 1.807) is 44.2 Å². The maximum atomic E-state index is 14.2. The maximum Gasteiger partial charge on any atom is 0.245 e. The third-order valence-electron chi connectivity index (χ3n) is 12.1. The first-order valence-electron chi connectivity index (χ1n) is 26.5. The molecule has 0 heterocycles. The van der Waals surface area contributed by atoms with Crippen LogP contribution in [0.5, 0.6) is 5.75 Å². The van der Waals surface area contributed by atoms with Crippen molar-refractivity contribution in [1.29, 1.82) is 0 Å². The minimum Gasteiger partial charge on any atom is -0.508 e. The number of primary amides is 1. The summed E-state index contributed by atoms with van der Waals surface area (Å²) in [6.07, 6.45) is -1.61. The molecule has 0 aliphatic heterocycles. The lowest BCUT2D eigenvalue weighted by Crippen LogP contribution is -2.61. The predicted octanol–water partition coefficient (Wildman–Crippen LogP) is -5.90. The zero-order chi connectivity index (χ0) is 62.0. The number of rotatable bonds is 34. The lowest BCUT2D eigenvalue weighted by Gasteiger charge is -2.27. The van der Waals surface area contributed by atoms with Gasteiger partial charge in [-0.1, -0.05) is 70.2 Å². The number of nitrogens with one attached hydrogen (secondary N) is 11.